The molecule has 4 N–H and O–H groups in total. The Morgan fingerprint density at radius 3 is 2.00 bits per heavy atom. The lowest BCUT2D eigenvalue weighted by atomic mass is 9.96. The number of carboxylic acids is 1. The molecule has 1 aliphatic heterocycles. The number of anilines is 1. The molecule has 7 nitrogen and oxygen atoms in total. The Labute approximate surface area is 248 Å². The highest BCUT2D eigenvalue weighted by atomic mass is 16.4. The van der Waals surface area contributed by atoms with Crippen LogP contribution >= 0.6 is 0 Å². The lowest BCUT2D eigenvalue weighted by molar-refractivity contribution is 0.0692. The number of hydrogen-bond acceptors (Lipinski definition) is 3. The van der Waals surface area contributed by atoms with E-state index in [1.807, 2.05) is 42.6 Å². The number of fused-ring (bicyclic) bond motifs is 3. The molecule has 0 unspecified atom stereocenters. The van der Waals surface area contributed by atoms with Gasteiger partial charge in [0.25, 0.3) is 0 Å². The Morgan fingerprint density at radius 1 is 0.651 bits per heavy atom. The van der Waals surface area contributed by atoms with E-state index in [4.69, 9.17) is 0 Å². The van der Waals surface area contributed by atoms with Gasteiger partial charge in [-0.25, -0.2) is 4.79 Å². The van der Waals surface area contributed by atoms with Crippen LogP contribution in [0.15, 0.2) is 103 Å². The molecule has 4 heterocycles. The van der Waals surface area contributed by atoms with Crippen molar-refractivity contribution >= 4 is 44.4 Å². The predicted molar refractivity (Wildman–Crippen MR) is 174 cm³/mol. The summed E-state index contributed by atoms with van der Waals surface area (Å²) in [5.74, 6) is -0.959. The van der Waals surface area contributed by atoms with Crippen LogP contribution in [0.3, 0.4) is 0 Å². The number of nitrogens with one attached hydrogen (secondary N) is 3. The zero-order chi connectivity index (χ0) is 28.9. The van der Waals surface area contributed by atoms with Gasteiger partial charge in [-0.2, -0.15) is 0 Å². The maximum absolute atomic E-state index is 12.1. The van der Waals surface area contributed by atoms with E-state index in [0.717, 1.165) is 65.8 Å². The molecule has 0 atom stereocenters. The second-order valence-corrected chi connectivity index (χ2v) is 11.3. The molecule has 1 saturated heterocycles. The normalized spacial score (nSPS) is 14.3. The van der Waals surface area contributed by atoms with Gasteiger partial charge in [0.1, 0.15) is 5.69 Å². The monoisotopic (exact) mass is 565 g/mol. The molecule has 0 bridgehead atoms. The number of piperazine rings is 1. The molecule has 43 heavy (non-hydrogen) atoms. The molecule has 0 radical (unpaired) electrons. The van der Waals surface area contributed by atoms with Crippen molar-refractivity contribution in [3.63, 3.8) is 0 Å². The molecule has 1 aliphatic rings. The van der Waals surface area contributed by atoms with Crippen molar-refractivity contribution < 1.29 is 9.90 Å². The average Bonchev–Trinajstić information content (AvgIpc) is 3.77. The molecule has 8 rings (SSSR count). The summed E-state index contributed by atoms with van der Waals surface area (Å²) in [6, 6.07) is 33.2. The van der Waals surface area contributed by atoms with Crippen molar-refractivity contribution in [2.45, 2.75) is 6.54 Å². The minimum Gasteiger partial charge on any atom is -0.477 e. The van der Waals surface area contributed by atoms with E-state index >= 15 is 0 Å². The van der Waals surface area contributed by atoms with Crippen molar-refractivity contribution in [3.05, 3.63) is 115 Å². The summed E-state index contributed by atoms with van der Waals surface area (Å²) >= 11 is 0. The Hall–Kier alpha value is -5.27. The van der Waals surface area contributed by atoms with Gasteiger partial charge in [-0.3, -0.25) is 4.90 Å². The quantitative estimate of drug-likeness (QED) is 0.168. The summed E-state index contributed by atoms with van der Waals surface area (Å²) in [6.45, 7) is 4.75. The number of aromatic nitrogens is 3. The Bertz CT molecular complexity index is 2110. The number of nitrogens with zero attached hydrogens (tertiary/aromatic N) is 2. The average molecular weight is 566 g/mol. The van der Waals surface area contributed by atoms with Crippen LogP contribution in [0.5, 0.6) is 0 Å². The summed E-state index contributed by atoms with van der Waals surface area (Å²) in [5, 5.41) is 13.3. The first kappa shape index (κ1) is 25.4. The van der Waals surface area contributed by atoms with Gasteiger partial charge in [0.05, 0.1) is 0 Å². The topological polar surface area (TPSA) is 91.2 Å². The number of benzene rings is 4. The number of hydrogen-bond donors (Lipinski definition) is 4. The lowest BCUT2D eigenvalue weighted by Gasteiger charge is -2.36. The zero-order valence-corrected chi connectivity index (χ0v) is 23.6. The molecule has 3 aromatic heterocycles. The maximum atomic E-state index is 12.1. The molecule has 1 fully saturated rings. The lowest BCUT2D eigenvalue weighted by Crippen LogP contribution is -2.46. The molecule has 0 saturated carbocycles. The zero-order valence-electron chi connectivity index (χ0n) is 23.6. The van der Waals surface area contributed by atoms with E-state index in [0.29, 0.717) is 0 Å². The summed E-state index contributed by atoms with van der Waals surface area (Å²) < 4.78 is 0. The second-order valence-electron chi connectivity index (χ2n) is 11.3. The molecular weight excluding hydrogens is 534 g/mol. The third kappa shape index (κ3) is 4.37. The van der Waals surface area contributed by atoms with Crippen molar-refractivity contribution in [1.29, 1.82) is 0 Å². The van der Waals surface area contributed by atoms with E-state index < -0.39 is 5.97 Å². The van der Waals surface area contributed by atoms with Crippen LogP contribution < -0.4 is 4.90 Å². The van der Waals surface area contributed by atoms with Crippen molar-refractivity contribution in [1.82, 2.24) is 19.9 Å². The van der Waals surface area contributed by atoms with Crippen LogP contribution in [-0.2, 0) is 6.54 Å². The SMILES string of the molecule is O=C(O)c1[nH]c2ccccc2c1-c1ccc(-c2c(CN3CCN(c4cccc5[nH]ccc45)CC3)[nH]c3ccccc23)cc1. The van der Waals surface area contributed by atoms with Crippen molar-refractivity contribution in [2.24, 2.45) is 0 Å². The molecule has 4 aromatic carbocycles. The Morgan fingerprint density at radius 2 is 1.28 bits per heavy atom. The van der Waals surface area contributed by atoms with Crippen LogP contribution in [-0.4, -0.2) is 57.1 Å². The number of rotatable bonds is 6. The number of para-hydroxylation sites is 2. The van der Waals surface area contributed by atoms with Gasteiger partial charge in [-0.05, 0) is 41.5 Å². The van der Waals surface area contributed by atoms with Gasteiger partial charge in [-0.1, -0.05) is 66.7 Å². The van der Waals surface area contributed by atoms with Crippen LogP contribution in [0, 0.1) is 0 Å². The summed E-state index contributed by atoms with van der Waals surface area (Å²) in [7, 11) is 0. The van der Waals surface area contributed by atoms with Crippen molar-refractivity contribution in [3.8, 4) is 22.3 Å². The van der Waals surface area contributed by atoms with E-state index in [2.05, 4.69) is 85.4 Å². The van der Waals surface area contributed by atoms with Gasteiger partial charge in [0.15, 0.2) is 0 Å². The second kappa shape index (κ2) is 10.2. The summed E-state index contributed by atoms with van der Waals surface area (Å²) in [6.07, 6.45) is 2.01. The Balaban J connectivity index is 1.09. The number of aromatic carboxylic acids is 1. The molecule has 0 spiro atoms. The standard InChI is InChI=1S/C36H31N5O2/c42-36(43)35-34(27-7-2-4-9-30(27)39-35)24-14-12-23(13-15-24)33-26-6-1-3-8-29(26)38-31(33)22-40-18-20-41(21-19-40)32-11-5-10-28-25(32)16-17-37-28/h1-17,37-39H,18-22H2,(H,42,43). The highest BCUT2D eigenvalue weighted by Crippen LogP contribution is 2.37. The van der Waals surface area contributed by atoms with Crippen LogP contribution in [0.1, 0.15) is 16.2 Å². The van der Waals surface area contributed by atoms with Crippen LogP contribution in [0.2, 0.25) is 0 Å². The molecule has 0 aliphatic carbocycles. The van der Waals surface area contributed by atoms with Crippen LogP contribution in [0.4, 0.5) is 5.69 Å². The largest absolute Gasteiger partial charge is 0.477 e. The number of carbonyl (C=O) groups is 1. The van der Waals surface area contributed by atoms with Gasteiger partial charge < -0.3 is 25.0 Å². The van der Waals surface area contributed by atoms with Gasteiger partial charge in [-0.15, -0.1) is 0 Å². The van der Waals surface area contributed by atoms with E-state index in [9.17, 15) is 9.90 Å². The number of aromatic amines is 3. The summed E-state index contributed by atoms with van der Waals surface area (Å²) in [4.78, 5) is 27.3. The van der Waals surface area contributed by atoms with Gasteiger partial charge >= 0.3 is 5.97 Å². The van der Waals surface area contributed by atoms with Gasteiger partial charge in [0, 0.05) is 94.1 Å². The molecule has 212 valence electrons. The first-order chi connectivity index (χ1) is 21.1. The van der Waals surface area contributed by atoms with Crippen molar-refractivity contribution in [2.75, 3.05) is 31.1 Å². The highest BCUT2D eigenvalue weighted by molar-refractivity contribution is 6.07. The smallest absolute Gasteiger partial charge is 0.352 e. The minimum atomic E-state index is -0.959. The van der Waals surface area contributed by atoms with E-state index in [1.165, 1.54) is 33.2 Å². The van der Waals surface area contributed by atoms with Crippen LogP contribution in [0.25, 0.3) is 55.0 Å². The number of carboxylic acid groups (broad SMARTS) is 1. The Kier molecular flexibility index (Phi) is 6.05. The predicted octanol–water partition coefficient (Wildman–Crippen LogP) is 7.48. The fourth-order valence-electron chi connectivity index (χ4n) is 6.77. The number of H-pyrrole nitrogens is 3. The third-order valence-corrected chi connectivity index (χ3v) is 8.83. The molecule has 0 amide bonds. The minimum absolute atomic E-state index is 0.216. The highest BCUT2D eigenvalue weighted by Gasteiger charge is 2.23. The molecule has 7 aromatic rings. The first-order valence-corrected chi connectivity index (χ1v) is 14.7. The fourth-order valence-corrected chi connectivity index (χ4v) is 6.77. The summed E-state index contributed by atoms with van der Waals surface area (Å²) in [5.41, 5.74) is 9.77. The molecule has 7 heteroatoms. The maximum Gasteiger partial charge on any atom is 0.352 e. The van der Waals surface area contributed by atoms with Gasteiger partial charge in [0.2, 0.25) is 0 Å². The van der Waals surface area contributed by atoms with E-state index in [-0.39, 0.29) is 5.69 Å². The molecular formula is C36H31N5O2. The first-order valence-electron chi connectivity index (χ1n) is 14.7. The third-order valence-electron chi connectivity index (χ3n) is 8.83. The fraction of sp³-hybridized carbons (Fsp3) is 0.139. The van der Waals surface area contributed by atoms with E-state index in [1.54, 1.807) is 0 Å².